The van der Waals surface area contributed by atoms with Crippen molar-refractivity contribution in [1.29, 1.82) is 0 Å². The Morgan fingerprint density at radius 1 is 1.29 bits per heavy atom. The van der Waals surface area contributed by atoms with Gasteiger partial charge in [-0.3, -0.25) is 0 Å². The van der Waals surface area contributed by atoms with Crippen molar-refractivity contribution in [1.82, 2.24) is 0 Å². The lowest BCUT2D eigenvalue weighted by molar-refractivity contribution is -0.155. The second-order valence-corrected chi connectivity index (χ2v) is 3.32. The molecule has 1 atom stereocenters. The van der Waals surface area contributed by atoms with E-state index in [4.69, 9.17) is 14.2 Å². The highest BCUT2D eigenvalue weighted by atomic mass is 16.6. The summed E-state index contributed by atoms with van der Waals surface area (Å²) in [6.45, 7) is 8.54. The third-order valence-corrected chi connectivity index (χ3v) is 1.41. The van der Waals surface area contributed by atoms with Gasteiger partial charge < -0.3 is 14.2 Å². The van der Waals surface area contributed by atoms with Crippen molar-refractivity contribution in [2.75, 3.05) is 19.8 Å². The summed E-state index contributed by atoms with van der Waals surface area (Å²) in [5.41, 5.74) is 0. The van der Waals surface area contributed by atoms with Crippen LogP contribution >= 0.6 is 0 Å². The third-order valence-electron chi connectivity index (χ3n) is 1.41. The van der Waals surface area contributed by atoms with E-state index in [0.717, 1.165) is 0 Å². The first-order chi connectivity index (χ1) is 6.56. The Morgan fingerprint density at radius 2 is 1.93 bits per heavy atom. The Hall–Kier alpha value is -0.610. The molecule has 0 aliphatic rings. The Balaban J connectivity index is 3.45. The van der Waals surface area contributed by atoms with Crippen LogP contribution in [0, 0.1) is 0 Å². The van der Waals surface area contributed by atoms with Crippen LogP contribution in [0.4, 0.5) is 0 Å². The zero-order valence-electron chi connectivity index (χ0n) is 9.41. The highest BCUT2D eigenvalue weighted by molar-refractivity contribution is 5.70. The lowest BCUT2D eigenvalue weighted by Crippen LogP contribution is -2.23. The first-order valence-corrected chi connectivity index (χ1v) is 4.95. The van der Waals surface area contributed by atoms with E-state index < -0.39 is 0 Å². The van der Waals surface area contributed by atoms with Gasteiger partial charge in [0.15, 0.2) is 0 Å². The van der Waals surface area contributed by atoms with E-state index >= 15 is 0 Å². The highest BCUT2D eigenvalue weighted by Gasteiger charge is 2.08. The summed E-state index contributed by atoms with van der Waals surface area (Å²) >= 11 is 0. The van der Waals surface area contributed by atoms with Crippen molar-refractivity contribution in [3.8, 4) is 0 Å². The number of hydrogen-bond acceptors (Lipinski definition) is 4. The van der Waals surface area contributed by atoms with Crippen LogP contribution in [0.3, 0.4) is 0 Å². The normalized spacial score (nSPS) is 12.9. The number of carbonyl (C=O) groups excluding carboxylic acids is 1. The summed E-state index contributed by atoms with van der Waals surface area (Å²) in [5, 5.41) is 0. The Labute approximate surface area is 85.5 Å². The maximum atomic E-state index is 11.0. The molecule has 14 heavy (non-hydrogen) atoms. The monoisotopic (exact) mass is 204 g/mol. The molecule has 0 heterocycles. The van der Waals surface area contributed by atoms with Crippen LogP contribution in [0.15, 0.2) is 0 Å². The summed E-state index contributed by atoms with van der Waals surface area (Å²) in [7, 11) is 0. The van der Waals surface area contributed by atoms with Crippen molar-refractivity contribution in [2.45, 2.75) is 39.9 Å². The molecule has 0 saturated heterocycles. The fourth-order valence-corrected chi connectivity index (χ4v) is 0.839. The first-order valence-electron chi connectivity index (χ1n) is 4.95. The predicted molar refractivity (Wildman–Crippen MR) is 53.1 cm³/mol. The van der Waals surface area contributed by atoms with Gasteiger partial charge in [0.1, 0.15) is 6.61 Å². The molecule has 0 saturated carbocycles. The Kier molecular flexibility index (Phi) is 7.42. The molecule has 4 nitrogen and oxygen atoms in total. The first kappa shape index (κ1) is 13.4. The van der Waals surface area contributed by atoms with Crippen molar-refractivity contribution in [3.05, 3.63) is 0 Å². The molecule has 0 fully saturated rings. The molecule has 0 rings (SSSR count). The molecule has 1 unspecified atom stereocenters. The van der Waals surface area contributed by atoms with Crippen molar-refractivity contribution < 1.29 is 19.0 Å². The van der Waals surface area contributed by atoms with E-state index in [9.17, 15) is 4.79 Å². The van der Waals surface area contributed by atoms with E-state index in [1.807, 2.05) is 27.7 Å². The predicted octanol–water partition coefficient (Wildman–Crippen LogP) is 1.38. The van der Waals surface area contributed by atoms with Crippen LogP contribution in [0.2, 0.25) is 0 Å². The molecule has 0 aliphatic carbocycles. The average molecular weight is 204 g/mol. The van der Waals surface area contributed by atoms with E-state index in [2.05, 4.69) is 0 Å². The van der Waals surface area contributed by atoms with Crippen LogP contribution < -0.4 is 0 Å². The van der Waals surface area contributed by atoms with Crippen LogP contribution in [-0.4, -0.2) is 38.0 Å². The van der Waals surface area contributed by atoms with E-state index in [1.54, 1.807) is 0 Å². The molecule has 0 bridgehead atoms. The van der Waals surface area contributed by atoms with Crippen LogP contribution in [-0.2, 0) is 19.0 Å². The quantitative estimate of drug-likeness (QED) is 0.588. The second kappa shape index (κ2) is 7.76. The van der Waals surface area contributed by atoms with Gasteiger partial charge in [-0.25, -0.2) is 4.79 Å². The maximum absolute atomic E-state index is 11.0. The highest BCUT2D eigenvalue weighted by Crippen LogP contribution is 1.95. The summed E-state index contributed by atoms with van der Waals surface area (Å²) in [4.78, 5) is 11.0. The molecular formula is C10H20O4. The number of ether oxygens (including phenoxy) is 3. The minimum Gasteiger partial charge on any atom is -0.461 e. The number of rotatable bonds is 7. The SMILES string of the molecule is CCOCC(C)OCC(=O)OC(C)C. The number of hydrogen-bond donors (Lipinski definition) is 0. The number of carbonyl (C=O) groups is 1. The van der Waals surface area contributed by atoms with Crippen LogP contribution in [0.25, 0.3) is 0 Å². The van der Waals surface area contributed by atoms with E-state index in [1.165, 1.54) is 0 Å². The van der Waals surface area contributed by atoms with E-state index in [-0.39, 0.29) is 24.8 Å². The largest absolute Gasteiger partial charge is 0.461 e. The molecule has 0 radical (unpaired) electrons. The van der Waals surface area contributed by atoms with Gasteiger partial charge in [0, 0.05) is 6.61 Å². The Bertz CT molecular complexity index is 156. The fourth-order valence-electron chi connectivity index (χ4n) is 0.839. The van der Waals surface area contributed by atoms with Crippen molar-refractivity contribution in [3.63, 3.8) is 0 Å². The van der Waals surface area contributed by atoms with Crippen molar-refractivity contribution in [2.24, 2.45) is 0 Å². The zero-order chi connectivity index (χ0) is 11.0. The lowest BCUT2D eigenvalue weighted by atomic mass is 10.4. The molecule has 0 aromatic rings. The number of esters is 1. The smallest absolute Gasteiger partial charge is 0.332 e. The fraction of sp³-hybridized carbons (Fsp3) is 0.900. The van der Waals surface area contributed by atoms with Gasteiger partial charge in [0.2, 0.25) is 0 Å². The van der Waals surface area contributed by atoms with Crippen molar-refractivity contribution >= 4 is 5.97 Å². The third kappa shape index (κ3) is 8.01. The van der Waals surface area contributed by atoms with Gasteiger partial charge in [0.05, 0.1) is 18.8 Å². The van der Waals surface area contributed by atoms with Crippen LogP contribution in [0.1, 0.15) is 27.7 Å². The molecule has 4 heteroatoms. The summed E-state index contributed by atoms with van der Waals surface area (Å²) in [6, 6.07) is 0. The second-order valence-electron chi connectivity index (χ2n) is 3.32. The molecule has 84 valence electrons. The average Bonchev–Trinajstić information content (AvgIpc) is 2.10. The lowest BCUT2D eigenvalue weighted by Gasteiger charge is -2.13. The summed E-state index contributed by atoms with van der Waals surface area (Å²) in [6.07, 6.45) is -0.164. The molecule has 0 aromatic heterocycles. The van der Waals surface area contributed by atoms with Gasteiger partial charge >= 0.3 is 5.97 Å². The summed E-state index contributed by atoms with van der Waals surface area (Å²) < 4.78 is 15.2. The standard InChI is InChI=1S/C10H20O4/c1-5-12-6-9(4)13-7-10(11)14-8(2)3/h8-9H,5-7H2,1-4H3. The van der Waals surface area contributed by atoms with Crippen LogP contribution in [0.5, 0.6) is 0 Å². The maximum Gasteiger partial charge on any atom is 0.332 e. The molecule has 0 N–H and O–H groups in total. The summed E-state index contributed by atoms with van der Waals surface area (Å²) in [5.74, 6) is -0.330. The van der Waals surface area contributed by atoms with E-state index in [0.29, 0.717) is 13.2 Å². The van der Waals surface area contributed by atoms with Gasteiger partial charge in [-0.15, -0.1) is 0 Å². The Morgan fingerprint density at radius 3 is 2.43 bits per heavy atom. The molecule has 0 spiro atoms. The zero-order valence-corrected chi connectivity index (χ0v) is 9.41. The van der Waals surface area contributed by atoms with Gasteiger partial charge in [-0.2, -0.15) is 0 Å². The molecule has 0 amide bonds. The minimum absolute atomic E-state index is 0.00752. The van der Waals surface area contributed by atoms with Gasteiger partial charge in [-0.1, -0.05) is 0 Å². The topological polar surface area (TPSA) is 44.8 Å². The van der Waals surface area contributed by atoms with Gasteiger partial charge in [0.25, 0.3) is 0 Å². The molecule has 0 aliphatic heterocycles. The van der Waals surface area contributed by atoms with Gasteiger partial charge in [-0.05, 0) is 27.7 Å². The molecule has 0 aromatic carbocycles. The minimum atomic E-state index is -0.330. The molecular weight excluding hydrogens is 184 g/mol.